The first-order valence-corrected chi connectivity index (χ1v) is 10.8. The molecule has 2 amide bonds. The van der Waals surface area contributed by atoms with Crippen LogP contribution < -0.4 is 14.9 Å². The minimum atomic E-state index is -3.70. The molecule has 0 bridgehead atoms. The molecule has 0 radical (unpaired) electrons. The summed E-state index contributed by atoms with van der Waals surface area (Å²) in [5, 5.41) is 2.73. The maximum atomic E-state index is 13.1. The van der Waals surface area contributed by atoms with E-state index in [1.54, 1.807) is 36.4 Å². The molecule has 4 rings (SSSR count). The smallest absolute Gasteiger partial charge is 0.258 e. The topological polar surface area (TPSA) is 95.6 Å². The van der Waals surface area contributed by atoms with Gasteiger partial charge < -0.3 is 5.32 Å². The van der Waals surface area contributed by atoms with Crippen LogP contribution in [0.25, 0.3) is 0 Å². The highest BCUT2D eigenvalue weighted by Crippen LogP contribution is 2.30. The molecule has 1 aliphatic carbocycles. The molecule has 0 spiro atoms. The van der Waals surface area contributed by atoms with Crippen LogP contribution in [0.4, 0.5) is 11.4 Å². The number of carbonyl (C=O) groups is 2. The molecule has 0 saturated heterocycles. The van der Waals surface area contributed by atoms with E-state index in [1.165, 1.54) is 17.0 Å². The molecule has 2 N–H and O–H groups in total. The summed E-state index contributed by atoms with van der Waals surface area (Å²) < 4.78 is 28.1. The van der Waals surface area contributed by atoms with Crippen LogP contribution in [0, 0.1) is 0 Å². The number of nitrogens with zero attached hydrogens (tertiary/aromatic N) is 1. The van der Waals surface area contributed by atoms with Crippen LogP contribution in [0.1, 0.15) is 36.0 Å². The van der Waals surface area contributed by atoms with Gasteiger partial charge in [0.1, 0.15) is 6.54 Å². The summed E-state index contributed by atoms with van der Waals surface area (Å²) in [6.07, 6.45) is 3.69. The van der Waals surface area contributed by atoms with Crippen LogP contribution >= 0.6 is 0 Å². The Hall–Kier alpha value is -2.71. The largest absolute Gasteiger partial charge is 0.323 e. The highest BCUT2D eigenvalue weighted by molar-refractivity contribution is 7.89. The molecule has 1 saturated carbocycles. The number of nitrogens with one attached hydrogen (secondary N) is 2. The predicted molar refractivity (Wildman–Crippen MR) is 106 cm³/mol. The number of rotatable bonds is 4. The third-order valence-corrected chi connectivity index (χ3v) is 6.60. The van der Waals surface area contributed by atoms with Gasteiger partial charge in [0.25, 0.3) is 5.91 Å². The molecular weight excluding hydrogens is 378 g/mol. The third-order valence-electron chi connectivity index (χ3n) is 5.08. The number of benzene rings is 2. The molecule has 2 aromatic rings. The van der Waals surface area contributed by atoms with Crippen LogP contribution in [0.2, 0.25) is 0 Å². The summed E-state index contributed by atoms with van der Waals surface area (Å²) in [7, 11) is -3.70. The molecule has 8 heteroatoms. The van der Waals surface area contributed by atoms with E-state index in [0.717, 1.165) is 25.7 Å². The van der Waals surface area contributed by atoms with Crippen molar-refractivity contribution in [3.8, 4) is 0 Å². The van der Waals surface area contributed by atoms with Crippen molar-refractivity contribution >= 4 is 33.2 Å². The number of sulfonamides is 1. The van der Waals surface area contributed by atoms with Crippen molar-refractivity contribution in [2.24, 2.45) is 0 Å². The Morgan fingerprint density at radius 3 is 2.61 bits per heavy atom. The monoisotopic (exact) mass is 399 g/mol. The zero-order chi connectivity index (χ0) is 19.7. The Labute approximate surface area is 163 Å². The van der Waals surface area contributed by atoms with E-state index in [-0.39, 0.29) is 29.0 Å². The van der Waals surface area contributed by atoms with Gasteiger partial charge in [0.05, 0.1) is 16.3 Å². The Bertz CT molecular complexity index is 1030. The average molecular weight is 399 g/mol. The average Bonchev–Trinajstić information content (AvgIpc) is 3.19. The molecule has 1 fully saturated rings. The van der Waals surface area contributed by atoms with Crippen molar-refractivity contribution in [2.75, 3.05) is 16.8 Å². The summed E-state index contributed by atoms with van der Waals surface area (Å²) in [4.78, 5) is 26.5. The van der Waals surface area contributed by atoms with Gasteiger partial charge in [-0.05, 0) is 43.2 Å². The molecule has 146 valence electrons. The van der Waals surface area contributed by atoms with Gasteiger partial charge in [-0.1, -0.05) is 31.0 Å². The van der Waals surface area contributed by atoms with Crippen molar-refractivity contribution in [3.05, 3.63) is 54.1 Å². The molecule has 0 unspecified atom stereocenters. The van der Waals surface area contributed by atoms with Crippen molar-refractivity contribution in [1.29, 1.82) is 0 Å². The highest BCUT2D eigenvalue weighted by Gasteiger charge is 2.29. The van der Waals surface area contributed by atoms with E-state index in [9.17, 15) is 18.0 Å². The van der Waals surface area contributed by atoms with Crippen molar-refractivity contribution in [1.82, 2.24) is 4.72 Å². The van der Waals surface area contributed by atoms with Crippen LogP contribution in [0.3, 0.4) is 0 Å². The van der Waals surface area contributed by atoms with Gasteiger partial charge in [0.2, 0.25) is 15.9 Å². The van der Waals surface area contributed by atoms with Crippen LogP contribution in [0.15, 0.2) is 53.4 Å². The lowest BCUT2D eigenvalue weighted by Crippen LogP contribution is -2.42. The van der Waals surface area contributed by atoms with E-state index < -0.39 is 15.9 Å². The molecule has 1 aliphatic heterocycles. The molecule has 2 aromatic carbocycles. The quantitative estimate of drug-likeness (QED) is 0.826. The Morgan fingerprint density at radius 1 is 1.07 bits per heavy atom. The highest BCUT2D eigenvalue weighted by atomic mass is 32.2. The first kappa shape index (κ1) is 18.6. The fraction of sp³-hybridized carbons (Fsp3) is 0.300. The summed E-state index contributed by atoms with van der Waals surface area (Å²) in [5.41, 5.74) is 1.36. The maximum absolute atomic E-state index is 13.1. The number of para-hydroxylation sites is 2. The molecule has 28 heavy (non-hydrogen) atoms. The molecule has 0 aromatic heterocycles. The van der Waals surface area contributed by atoms with E-state index in [4.69, 9.17) is 0 Å². The van der Waals surface area contributed by atoms with Crippen molar-refractivity contribution in [3.63, 3.8) is 0 Å². The fourth-order valence-corrected chi connectivity index (χ4v) is 5.05. The summed E-state index contributed by atoms with van der Waals surface area (Å²) >= 11 is 0. The number of anilines is 2. The molecular formula is C20H21N3O4S. The van der Waals surface area contributed by atoms with Gasteiger partial charge in [0, 0.05) is 11.6 Å². The summed E-state index contributed by atoms with van der Waals surface area (Å²) in [6.45, 7) is -0.118. The molecule has 0 atom stereocenters. The third kappa shape index (κ3) is 3.65. The Morgan fingerprint density at radius 2 is 1.82 bits per heavy atom. The van der Waals surface area contributed by atoms with E-state index in [0.29, 0.717) is 11.4 Å². The number of amides is 2. The van der Waals surface area contributed by atoms with E-state index in [2.05, 4.69) is 10.0 Å². The van der Waals surface area contributed by atoms with Gasteiger partial charge in [0.15, 0.2) is 0 Å². The standard InChI is InChI=1S/C20H21N3O4S/c24-19-13-23(18-11-4-3-10-17(18)21-19)20(25)14-6-5-9-16(12-14)28(26,27)22-15-7-1-2-8-15/h3-6,9-12,15,22H,1-2,7-8,13H2,(H,21,24). The van der Waals surface area contributed by atoms with Crippen molar-refractivity contribution in [2.45, 2.75) is 36.6 Å². The zero-order valence-corrected chi connectivity index (χ0v) is 16.0. The van der Waals surface area contributed by atoms with Crippen LogP contribution in [-0.2, 0) is 14.8 Å². The summed E-state index contributed by atoms with van der Waals surface area (Å²) in [6, 6.07) is 12.9. The minimum absolute atomic E-state index is 0.0537. The lowest BCUT2D eigenvalue weighted by molar-refractivity contribution is -0.115. The molecule has 1 heterocycles. The van der Waals surface area contributed by atoms with Gasteiger partial charge in [-0.15, -0.1) is 0 Å². The Balaban J connectivity index is 1.63. The van der Waals surface area contributed by atoms with Gasteiger partial charge in [-0.2, -0.15) is 0 Å². The first-order chi connectivity index (χ1) is 13.4. The minimum Gasteiger partial charge on any atom is -0.323 e. The number of fused-ring (bicyclic) bond motifs is 1. The van der Waals surface area contributed by atoms with Gasteiger partial charge in [-0.3, -0.25) is 14.5 Å². The van der Waals surface area contributed by atoms with Gasteiger partial charge >= 0.3 is 0 Å². The van der Waals surface area contributed by atoms with E-state index >= 15 is 0 Å². The molecule has 2 aliphatic rings. The normalized spacial score (nSPS) is 17.3. The molecule has 7 nitrogen and oxygen atoms in total. The van der Waals surface area contributed by atoms with E-state index in [1.807, 2.05) is 0 Å². The first-order valence-electron chi connectivity index (χ1n) is 9.27. The van der Waals surface area contributed by atoms with Crippen LogP contribution in [-0.4, -0.2) is 32.8 Å². The fourth-order valence-electron chi connectivity index (χ4n) is 3.70. The second kappa shape index (κ2) is 7.37. The SMILES string of the molecule is O=C1CN(C(=O)c2cccc(S(=O)(=O)NC3CCCC3)c2)c2ccccc2N1. The van der Waals surface area contributed by atoms with Crippen molar-refractivity contribution < 1.29 is 18.0 Å². The summed E-state index contributed by atoms with van der Waals surface area (Å²) in [5.74, 6) is -0.709. The Kier molecular flexibility index (Phi) is 4.91. The number of hydrogen-bond acceptors (Lipinski definition) is 4. The number of carbonyl (C=O) groups excluding carboxylic acids is 2. The number of hydrogen-bond donors (Lipinski definition) is 2. The second-order valence-electron chi connectivity index (χ2n) is 7.09. The zero-order valence-electron chi connectivity index (χ0n) is 15.2. The second-order valence-corrected chi connectivity index (χ2v) is 8.80. The van der Waals surface area contributed by atoms with Crippen LogP contribution in [0.5, 0.6) is 0 Å². The lowest BCUT2D eigenvalue weighted by atomic mass is 10.1. The lowest BCUT2D eigenvalue weighted by Gasteiger charge is -2.29. The predicted octanol–water partition coefficient (Wildman–Crippen LogP) is 2.51. The maximum Gasteiger partial charge on any atom is 0.258 e. The van der Waals surface area contributed by atoms with Gasteiger partial charge in [-0.25, -0.2) is 13.1 Å².